The van der Waals surface area contributed by atoms with Crippen LogP contribution in [0.4, 0.5) is 18.9 Å². The van der Waals surface area contributed by atoms with Gasteiger partial charge >= 0.3 is 6.18 Å². The highest BCUT2D eigenvalue weighted by Crippen LogP contribution is 2.40. The second kappa shape index (κ2) is 8.30. The molecule has 0 spiro atoms. The number of halogens is 3. The number of morpholine rings is 1. The lowest BCUT2D eigenvalue weighted by Crippen LogP contribution is -2.53. The number of pyridine rings is 1. The van der Waals surface area contributed by atoms with Gasteiger partial charge in [0, 0.05) is 62.2 Å². The molecule has 2 aliphatic rings. The van der Waals surface area contributed by atoms with Gasteiger partial charge in [-0.2, -0.15) is 13.2 Å². The summed E-state index contributed by atoms with van der Waals surface area (Å²) >= 11 is 0. The van der Waals surface area contributed by atoms with Gasteiger partial charge in [0.15, 0.2) is 11.6 Å². The lowest BCUT2D eigenvalue weighted by Gasteiger charge is -2.43. The van der Waals surface area contributed by atoms with Crippen LogP contribution in [0.1, 0.15) is 11.7 Å². The Hall–Kier alpha value is -2.76. The Morgan fingerprint density at radius 2 is 1.94 bits per heavy atom. The van der Waals surface area contributed by atoms with Crippen LogP contribution in [0.5, 0.6) is 0 Å². The molecule has 1 atom stereocenters. The van der Waals surface area contributed by atoms with Gasteiger partial charge in [0.1, 0.15) is 5.52 Å². The fraction of sp³-hybridized carbons (Fsp3) is 0.476. The number of nitrogens with zero attached hydrogens (tertiary/aromatic N) is 5. The molecule has 8 nitrogen and oxygen atoms in total. The molecule has 0 aliphatic carbocycles. The molecule has 4 heterocycles. The number of hydrogen-bond acceptors (Lipinski definition) is 8. The lowest BCUT2D eigenvalue weighted by molar-refractivity contribution is -0.206. The fourth-order valence-corrected chi connectivity index (χ4v) is 4.36. The standard InChI is InChI=1S/C21H22F3N5O3/c22-21(23,24)20(30)15-1-2-25-9-16(15)14-7-17-19(27-32-26-17)18(8-14)29-11-13(12-29)10-28-3-5-31-6-4-28/h1-2,7-9,13,20,30H,3-6,10-12H2. The largest absolute Gasteiger partial charge is 0.418 e. The summed E-state index contributed by atoms with van der Waals surface area (Å²) in [6, 6.07) is 4.55. The number of aliphatic hydroxyl groups excluding tert-OH is 1. The zero-order chi connectivity index (χ0) is 22.3. The molecular weight excluding hydrogens is 427 g/mol. The van der Waals surface area contributed by atoms with Gasteiger partial charge in [0.2, 0.25) is 0 Å². The van der Waals surface area contributed by atoms with Crippen molar-refractivity contribution in [3.05, 3.63) is 36.2 Å². The number of rotatable bonds is 5. The van der Waals surface area contributed by atoms with E-state index >= 15 is 0 Å². The molecule has 2 saturated heterocycles. The molecular formula is C21H22F3N5O3. The predicted molar refractivity (Wildman–Crippen MR) is 109 cm³/mol. The van der Waals surface area contributed by atoms with Crippen LogP contribution in [0.2, 0.25) is 0 Å². The predicted octanol–water partition coefficient (Wildman–Crippen LogP) is 2.65. The molecule has 32 heavy (non-hydrogen) atoms. The molecule has 0 saturated carbocycles. The maximum atomic E-state index is 13.2. The highest BCUT2D eigenvalue weighted by Gasteiger charge is 2.41. The lowest BCUT2D eigenvalue weighted by atomic mass is 9.94. The monoisotopic (exact) mass is 449 g/mol. The normalized spacial score (nSPS) is 19.3. The number of ether oxygens (including phenoxy) is 1. The van der Waals surface area contributed by atoms with Gasteiger partial charge < -0.3 is 14.7 Å². The summed E-state index contributed by atoms with van der Waals surface area (Å²) in [5.41, 5.74) is 2.13. The SMILES string of the molecule is OC(c1ccncc1-c1cc(N2CC(CN3CCOCC3)C2)c2nonc2c1)C(F)(F)F. The molecule has 11 heteroatoms. The van der Waals surface area contributed by atoms with Crippen molar-refractivity contribution in [1.29, 1.82) is 0 Å². The van der Waals surface area contributed by atoms with Gasteiger partial charge in [0.05, 0.1) is 18.9 Å². The van der Waals surface area contributed by atoms with Crippen molar-refractivity contribution >= 4 is 16.7 Å². The van der Waals surface area contributed by atoms with Crippen molar-refractivity contribution in [2.45, 2.75) is 12.3 Å². The van der Waals surface area contributed by atoms with Gasteiger partial charge in [-0.05, 0) is 34.1 Å². The van der Waals surface area contributed by atoms with Crippen LogP contribution in [0.15, 0.2) is 35.2 Å². The van der Waals surface area contributed by atoms with Gasteiger partial charge in [-0.3, -0.25) is 9.88 Å². The first kappa shape index (κ1) is 21.1. The van der Waals surface area contributed by atoms with Crippen LogP contribution in [-0.2, 0) is 4.74 Å². The summed E-state index contributed by atoms with van der Waals surface area (Å²) < 4.78 is 49.9. The maximum absolute atomic E-state index is 13.2. The third kappa shape index (κ3) is 4.03. The average Bonchev–Trinajstić information content (AvgIpc) is 3.24. The Bertz CT molecular complexity index is 1090. The Labute approximate surface area is 181 Å². The van der Waals surface area contributed by atoms with E-state index in [1.165, 1.54) is 18.5 Å². The van der Waals surface area contributed by atoms with Crippen LogP contribution < -0.4 is 4.90 Å². The van der Waals surface area contributed by atoms with E-state index in [0.717, 1.165) is 51.6 Å². The first-order valence-corrected chi connectivity index (χ1v) is 10.4. The number of hydrogen-bond donors (Lipinski definition) is 1. The fourth-order valence-electron chi connectivity index (χ4n) is 4.36. The van der Waals surface area contributed by atoms with Crippen LogP contribution in [-0.4, -0.2) is 77.4 Å². The zero-order valence-electron chi connectivity index (χ0n) is 17.1. The Morgan fingerprint density at radius 3 is 2.69 bits per heavy atom. The highest BCUT2D eigenvalue weighted by atomic mass is 19.4. The van der Waals surface area contributed by atoms with Crippen molar-refractivity contribution in [2.24, 2.45) is 5.92 Å². The molecule has 0 amide bonds. The van der Waals surface area contributed by atoms with Gasteiger partial charge in [-0.25, -0.2) is 4.63 Å². The first-order chi connectivity index (χ1) is 15.4. The average molecular weight is 449 g/mol. The highest BCUT2D eigenvalue weighted by molar-refractivity contribution is 5.93. The number of benzene rings is 1. The van der Waals surface area contributed by atoms with Crippen molar-refractivity contribution in [3.8, 4) is 11.1 Å². The van der Waals surface area contributed by atoms with E-state index in [-0.39, 0.29) is 11.1 Å². The van der Waals surface area contributed by atoms with Gasteiger partial charge in [-0.15, -0.1) is 0 Å². The van der Waals surface area contributed by atoms with Gasteiger partial charge in [0.25, 0.3) is 0 Å². The van der Waals surface area contributed by atoms with Crippen molar-refractivity contribution in [2.75, 3.05) is 50.8 Å². The Kier molecular flexibility index (Phi) is 5.48. The molecule has 3 aromatic rings. The second-order valence-electron chi connectivity index (χ2n) is 8.22. The zero-order valence-corrected chi connectivity index (χ0v) is 17.1. The number of alkyl halides is 3. The maximum Gasteiger partial charge on any atom is 0.418 e. The van der Waals surface area contributed by atoms with E-state index < -0.39 is 12.3 Å². The van der Waals surface area contributed by atoms with Crippen molar-refractivity contribution in [3.63, 3.8) is 0 Å². The summed E-state index contributed by atoms with van der Waals surface area (Å²) in [4.78, 5) is 8.48. The van der Waals surface area contributed by atoms with Gasteiger partial charge in [-0.1, -0.05) is 0 Å². The first-order valence-electron chi connectivity index (χ1n) is 10.4. The molecule has 2 fully saturated rings. The molecule has 1 N–H and O–H groups in total. The summed E-state index contributed by atoms with van der Waals surface area (Å²) in [6.45, 7) is 5.93. The molecule has 5 rings (SSSR count). The van der Waals surface area contributed by atoms with Crippen molar-refractivity contribution < 1.29 is 27.6 Å². The number of aromatic nitrogens is 3. The van der Waals surface area contributed by atoms with E-state index in [1.807, 2.05) is 0 Å². The third-order valence-corrected chi connectivity index (χ3v) is 6.03. The smallest absolute Gasteiger partial charge is 0.379 e. The van der Waals surface area contributed by atoms with Crippen LogP contribution in [0.25, 0.3) is 22.2 Å². The summed E-state index contributed by atoms with van der Waals surface area (Å²) in [5.74, 6) is 0.479. The molecule has 0 radical (unpaired) electrons. The molecule has 1 unspecified atom stereocenters. The summed E-state index contributed by atoms with van der Waals surface area (Å²) in [7, 11) is 0. The summed E-state index contributed by atoms with van der Waals surface area (Å²) in [6.07, 6.45) is -4.85. The van der Waals surface area contributed by atoms with Crippen LogP contribution in [0, 0.1) is 5.92 Å². The third-order valence-electron chi connectivity index (χ3n) is 6.03. The van der Waals surface area contributed by atoms with E-state index in [0.29, 0.717) is 22.5 Å². The van der Waals surface area contributed by atoms with E-state index in [1.54, 1.807) is 12.1 Å². The molecule has 0 bridgehead atoms. The molecule has 1 aromatic carbocycles. The topological polar surface area (TPSA) is 87.8 Å². The van der Waals surface area contributed by atoms with E-state index in [4.69, 9.17) is 9.37 Å². The number of fused-ring (bicyclic) bond motifs is 1. The molecule has 2 aliphatic heterocycles. The molecule has 170 valence electrons. The van der Waals surface area contributed by atoms with E-state index in [2.05, 4.69) is 25.1 Å². The Balaban J connectivity index is 1.43. The van der Waals surface area contributed by atoms with Crippen molar-refractivity contribution in [1.82, 2.24) is 20.2 Å². The minimum absolute atomic E-state index is 0.189. The van der Waals surface area contributed by atoms with Crippen LogP contribution in [0.3, 0.4) is 0 Å². The second-order valence-corrected chi connectivity index (χ2v) is 8.22. The number of aliphatic hydroxyl groups is 1. The Morgan fingerprint density at radius 1 is 1.16 bits per heavy atom. The van der Waals surface area contributed by atoms with Crippen LogP contribution >= 0.6 is 0 Å². The minimum atomic E-state index is -4.79. The van der Waals surface area contributed by atoms with E-state index in [9.17, 15) is 18.3 Å². The number of anilines is 1. The quantitative estimate of drug-likeness (QED) is 0.636. The molecule has 2 aromatic heterocycles. The summed E-state index contributed by atoms with van der Waals surface area (Å²) in [5, 5.41) is 17.8. The minimum Gasteiger partial charge on any atom is -0.379 e.